The van der Waals surface area contributed by atoms with Gasteiger partial charge in [0.1, 0.15) is 12.2 Å². The van der Waals surface area contributed by atoms with Crippen LogP contribution in [0.2, 0.25) is 0 Å². The summed E-state index contributed by atoms with van der Waals surface area (Å²) in [5, 5.41) is 7.05. The van der Waals surface area contributed by atoms with Gasteiger partial charge in [-0.1, -0.05) is 63.1 Å². The Balaban J connectivity index is 0.00000127. The van der Waals surface area contributed by atoms with Crippen LogP contribution in [0.4, 0.5) is 5.82 Å². The quantitative estimate of drug-likeness (QED) is 0.353. The molecule has 2 aromatic rings. The molecule has 0 saturated heterocycles. The van der Waals surface area contributed by atoms with Gasteiger partial charge in [0.2, 0.25) is 5.91 Å². The van der Waals surface area contributed by atoms with Gasteiger partial charge in [-0.2, -0.15) is 17.8 Å². The first-order chi connectivity index (χ1) is 17.7. The SMILES string of the molecule is C=CC.CC.CN(C)S(=O)(=O)Nc1cc(C=O)n(CC(=O)N[C@H]2CCCC[C@@H]2OCc2ccccc2)n1. The maximum atomic E-state index is 12.7. The third kappa shape index (κ3) is 10.9. The van der Waals surface area contributed by atoms with E-state index in [-0.39, 0.29) is 36.1 Å². The van der Waals surface area contributed by atoms with Crippen molar-refractivity contribution in [1.82, 2.24) is 19.4 Å². The number of hydrogen-bond acceptors (Lipinski definition) is 6. The molecule has 0 bridgehead atoms. The van der Waals surface area contributed by atoms with Crippen LogP contribution < -0.4 is 10.0 Å². The van der Waals surface area contributed by atoms with E-state index in [1.165, 1.54) is 24.8 Å². The topological polar surface area (TPSA) is 123 Å². The van der Waals surface area contributed by atoms with Crippen LogP contribution in [0.3, 0.4) is 0 Å². The second-order valence-corrected chi connectivity index (χ2v) is 10.2. The molecule has 2 atom stereocenters. The number of aromatic nitrogens is 2. The number of nitrogens with one attached hydrogen (secondary N) is 2. The summed E-state index contributed by atoms with van der Waals surface area (Å²) in [5.41, 5.74) is 1.17. The Morgan fingerprint density at radius 2 is 1.84 bits per heavy atom. The minimum absolute atomic E-state index is 0.0321. The van der Waals surface area contributed by atoms with Gasteiger partial charge in [-0.15, -0.1) is 6.58 Å². The van der Waals surface area contributed by atoms with E-state index >= 15 is 0 Å². The number of amides is 1. The van der Waals surface area contributed by atoms with Crippen LogP contribution in [-0.4, -0.2) is 60.9 Å². The number of carbonyl (C=O) groups excluding carboxylic acids is 2. The molecule has 1 heterocycles. The lowest BCUT2D eigenvalue weighted by molar-refractivity contribution is -0.124. The molecule has 0 radical (unpaired) electrons. The first-order valence-electron chi connectivity index (χ1n) is 12.5. The predicted molar refractivity (Wildman–Crippen MR) is 146 cm³/mol. The number of ether oxygens (including phenoxy) is 1. The van der Waals surface area contributed by atoms with Gasteiger partial charge in [0.05, 0.1) is 18.8 Å². The molecule has 1 aromatic carbocycles. The second kappa shape index (κ2) is 16.7. The fourth-order valence-corrected chi connectivity index (χ4v) is 4.10. The van der Waals surface area contributed by atoms with Crippen LogP contribution >= 0.6 is 0 Å². The number of anilines is 1. The highest BCUT2D eigenvalue weighted by Crippen LogP contribution is 2.22. The summed E-state index contributed by atoms with van der Waals surface area (Å²) in [4.78, 5) is 24.1. The Morgan fingerprint density at radius 3 is 2.43 bits per heavy atom. The zero-order valence-corrected chi connectivity index (χ0v) is 23.3. The van der Waals surface area contributed by atoms with E-state index in [0.717, 1.165) is 35.6 Å². The molecule has 0 spiro atoms. The summed E-state index contributed by atoms with van der Waals surface area (Å²) < 4.78 is 34.5. The van der Waals surface area contributed by atoms with Crippen LogP contribution in [-0.2, 0) is 32.9 Å². The fraction of sp³-hybridized carbons (Fsp3) is 0.500. The number of nitrogens with zero attached hydrogens (tertiary/aromatic N) is 3. The zero-order valence-electron chi connectivity index (χ0n) is 22.5. The van der Waals surface area contributed by atoms with E-state index < -0.39 is 10.2 Å². The monoisotopic (exact) mass is 535 g/mol. The van der Waals surface area contributed by atoms with Gasteiger partial charge in [0, 0.05) is 20.2 Å². The van der Waals surface area contributed by atoms with Gasteiger partial charge in [0.25, 0.3) is 0 Å². The Bertz CT molecular complexity index is 1070. The third-order valence-corrected chi connectivity index (χ3v) is 6.72. The van der Waals surface area contributed by atoms with Gasteiger partial charge in [0.15, 0.2) is 12.1 Å². The molecule has 206 valence electrons. The summed E-state index contributed by atoms with van der Waals surface area (Å²) in [7, 11) is -1.04. The van der Waals surface area contributed by atoms with Gasteiger partial charge in [-0.05, 0) is 25.3 Å². The Morgan fingerprint density at radius 1 is 1.22 bits per heavy atom. The second-order valence-electron chi connectivity index (χ2n) is 8.32. The van der Waals surface area contributed by atoms with Crippen molar-refractivity contribution in [3.63, 3.8) is 0 Å². The van der Waals surface area contributed by atoms with Crippen LogP contribution in [0.5, 0.6) is 0 Å². The number of carbonyl (C=O) groups is 2. The van der Waals surface area contributed by atoms with Crippen LogP contribution in [0.1, 0.15) is 62.5 Å². The smallest absolute Gasteiger partial charge is 0.302 e. The number of benzene rings is 1. The molecule has 0 unspecified atom stereocenters. The number of aldehydes is 1. The molecular weight excluding hydrogens is 494 g/mol. The summed E-state index contributed by atoms with van der Waals surface area (Å²) in [5.74, 6) is -0.353. The van der Waals surface area contributed by atoms with E-state index in [4.69, 9.17) is 4.74 Å². The average molecular weight is 536 g/mol. The van der Waals surface area contributed by atoms with E-state index in [1.807, 2.05) is 51.1 Å². The highest BCUT2D eigenvalue weighted by atomic mass is 32.2. The van der Waals surface area contributed by atoms with Gasteiger partial charge >= 0.3 is 10.2 Å². The summed E-state index contributed by atoms with van der Waals surface area (Å²) in [6, 6.07) is 11.0. The number of hydrogen-bond donors (Lipinski definition) is 2. The number of allylic oxidation sites excluding steroid dienone is 1. The normalized spacial score (nSPS) is 16.9. The highest BCUT2D eigenvalue weighted by molar-refractivity contribution is 7.90. The van der Waals surface area contributed by atoms with Crippen molar-refractivity contribution < 1.29 is 22.7 Å². The van der Waals surface area contributed by atoms with Crippen LogP contribution in [0, 0.1) is 0 Å². The minimum Gasteiger partial charge on any atom is -0.371 e. The van der Waals surface area contributed by atoms with Gasteiger partial charge in [-0.25, -0.2) is 0 Å². The molecule has 11 heteroatoms. The lowest BCUT2D eigenvalue weighted by Gasteiger charge is -2.32. The summed E-state index contributed by atoms with van der Waals surface area (Å²) in [6.07, 6.45) is 5.87. The third-order valence-electron chi connectivity index (χ3n) is 5.30. The van der Waals surface area contributed by atoms with E-state index in [1.54, 1.807) is 6.08 Å². The van der Waals surface area contributed by atoms with Crippen molar-refractivity contribution in [3.05, 3.63) is 60.3 Å². The zero-order chi connectivity index (χ0) is 27.8. The fourth-order valence-electron chi connectivity index (χ4n) is 3.55. The summed E-state index contributed by atoms with van der Waals surface area (Å²) in [6.45, 7) is 9.52. The van der Waals surface area contributed by atoms with E-state index in [0.29, 0.717) is 12.9 Å². The maximum absolute atomic E-state index is 12.7. The average Bonchev–Trinajstić information content (AvgIpc) is 3.25. The largest absolute Gasteiger partial charge is 0.371 e. The van der Waals surface area contributed by atoms with Crippen LogP contribution in [0.25, 0.3) is 0 Å². The van der Waals surface area contributed by atoms with Gasteiger partial charge < -0.3 is 10.1 Å². The van der Waals surface area contributed by atoms with E-state index in [9.17, 15) is 18.0 Å². The molecule has 1 amide bonds. The van der Waals surface area contributed by atoms with Crippen molar-refractivity contribution in [2.75, 3.05) is 18.8 Å². The van der Waals surface area contributed by atoms with Gasteiger partial charge in [-0.3, -0.25) is 19.0 Å². The minimum atomic E-state index is -3.78. The Kier molecular flexibility index (Phi) is 14.4. The van der Waals surface area contributed by atoms with E-state index in [2.05, 4.69) is 21.7 Å². The first-order valence-corrected chi connectivity index (χ1v) is 13.9. The molecule has 3 rings (SSSR count). The van der Waals surface area contributed by atoms with Crippen molar-refractivity contribution in [2.45, 2.75) is 71.8 Å². The van der Waals surface area contributed by atoms with Crippen molar-refractivity contribution >= 4 is 28.2 Å². The van der Waals surface area contributed by atoms with Crippen molar-refractivity contribution in [1.29, 1.82) is 0 Å². The molecule has 37 heavy (non-hydrogen) atoms. The molecule has 1 fully saturated rings. The predicted octanol–water partition coefficient (Wildman–Crippen LogP) is 3.78. The van der Waals surface area contributed by atoms with Crippen molar-refractivity contribution in [2.24, 2.45) is 0 Å². The maximum Gasteiger partial charge on any atom is 0.302 e. The standard InChI is InChI=1S/C21H29N5O5S.C3H6.C2H6/c1-25(2)32(29,30)24-20-12-17(14-27)26(23-20)13-21(28)22-18-10-6-7-11-19(18)31-15-16-8-4-3-5-9-16;1-3-2;1-2/h3-5,8-9,12,14,18-19H,6-7,10-11,13,15H2,1-2H3,(H,22,28)(H,23,24);3H,1H2,2H3;1-2H3/t18-,19-;;/m0../s1. The lowest BCUT2D eigenvalue weighted by atomic mass is 9.92. The molecule has 1 aliphatic carbocycles. The number of rotatable bonds is 10. The molecule has 1 saturated carbocycles. The Hall–Kier alpha value is -3.02. The Labute approximate surface area is 221 Å². The molecule has 2 N–H and O–H groups in total. The summed E-state index contributed by atoms with van der Waals surface area (Å²) >= 11 is 0. The molecule has 10 nitrogen and oxygen atoms in total. The molecule has 1 aliphatic rings. The highest BCUT2D eigenvalue weighted by Gasteiger charge is 2.28. The molecule has 1 aromatic heterocycles. The first kappa shape index (κ1) is 32.0. The molecule has 0 aliphatic heterocycles. The lowest BCUT2D eigenvalue weighted by Crippen LogP contribution is -2.47. The molecular formula is C26H41N5O5S. The van der Waals surface area contributed by atoms with Crippen molar-refractivity contribution in [3.8, 4) is 0 Å². The van der Waals surface area contributed by atoms with Crippen LogP contribution in [0.15, 0.2) is 49.1 Å².